The Balaban J connectivity index is 2.61. The van der Waals surface area contributed by atoms with Crippen LogP contribution in [-0.2, 0) is 4.74 Å². The molecule has 0 aromatic heterocycles. The maximum atomic E-state index is 6.08. The second kappa shape index (κ2) is 3.97. The van der Waals surface area contributed by atoms with Crippen LogP contribution in [0.1, 0.15) is 41.0 Å². The van der Waals surface area contributed by atoms with Crippen molar-refractivity contribution in [3.63, 3.8) is 0 Å². The second-order valence-electron chi connectivity index (χ2n) is 4.61. The van der Waals surface area contributed by atoms with Gasteiger partial charge in [-0.2, -0.15) is 0 Å². The van der Waals surface area contributed by atoms with E-state index >= 15 is 0 Å². The molecule has 2 heteroatoms. The van der Waals surface area contributed by atoms with Crippen LogP contribution in [0.15, 0.2) is 0 Å². The summed E-state index contributed by atoms with van der Waals surface area (Å²) in [5.74, 6) is 0.620. The standard InChI is InChI=1S/C11H23NO/c1-6-8(2)11(5)7-12-9(3)10(4)13-11/h8-10,12H,6-7H2,1-5H3. The van der Waals surface area contributed by atoms with Gasteiger partial charge in [-0.3, -0.25) is 0 Å². The molecule has 4 atom stereocenters. The fourth-order valence-corrected chi connectivity index (χ4v) is 1.82. The van der Waals surface area contributed by atoms with Gasteiger partial charge in [-0.1, -0.05) is 20.3 Å². The van der Waals surface area contributed by atoms with E-state index in [4.69, 9.17) is 4.74 Å². The van der Waals surface area contributed by atoms with Gasteiger partial charge in [0.25, 0.3) is 0 Å². The van der Waals surface area contributed by atoms with Gasteiger partial charge in [0.05, 0.1) is 11.7 Å². The minimum Gasteiger partial charge on any atom is -0.369 e. The maximum absolute atomic E-state index is 6.08. The number of morpholine rings is 1. The van der Waals surface area contributed by atoms with E-state index in [1.54, 1.807) is 0 Å². The highest BCUT2D eigenvalue weighted by molar-refractivity contribution is 4.91. The SMILES string of the molecule is CCC(C)C1(C)CNC(C)C(C)O1. The summed E-state index contributed by atoms with van der Waals surface area (Å²) in [5, 5.41) is 3.51. The minimum atomic E-state index is 0.0284. The lowest BCUT2D eigenvalue weighted by molar-refractivity contribution is -0.142. The molecule has 1 heterocycles. The van der Waals surface area contributed by atoms with Crippen LogP contribution < -0.4 is 5.32 Å². The quantitative estimate of drug-likeness (QED) is 0.712. The first-order valence-electron chi connectivity index (χ1n) is 5.41. The van der Waals surface area contributed by atoms with Crippen molar-refractivity contribution in [1.29, 1.82) is 0 Å². The van der Waals surface area contributed by atoms with Crippen LogP contribution in [-0.4, -0.2) is 24.3 Å². The Labute approximate surface area is 82.0 Å². The first kappa shape index (κ1) is 11.0. The molecular weight excluding hydrogens is 162 g/mol. The second-order valence-corrected chi connectivity index (χ2v) is 4.61. The van der Waals surface area contributed by atoms with Crippen LogP contribution in [0.2, 0.25) is 0 Å². The predicted molar refractivity (Wildman–Crippen MR) is 55.9 cm³/mol. The first-order chi connectivity index (χ1) is 5.99. The molecule has 1 aliphatic heterocycles. The van der Waals surface area contributed by atoms with Gasteiger partial charge in [0, 0.05) is 12.6 Å². The third-order valence-corrected chi connectivity index (χ3v) is 3.59. The Morgan fingerprint density at radius 2 is 2.15 bits per heavy atom. The third-order valence-electron chi connectivity index (χ3n) is 3.59. The van der Waals surface area contributed by atoms with Crippen LogP contribution in [0.25, 0.3) is 0 Å². The Kier molecular flexibility index (Phi) is 3.36. The highest BCUT2D eigenvalue weighted by Crippen LogP contribution is 2.29. The molecule has 0 radical (unpaired) electrons. The van der Waals surface area contributed by atoms with E-state index in [1.165, 1.54) is 6.42 Å². The topological polar surface area (TPSA) is 21.3 Å². The smallest absolute Gasteiger partial charge is 0.0808 e. The van der Waals surface area contributed by atoms with Crippen LogP contribution in [0.5, 0.6) is 0 Å². The van der Waals surface area contributed by atoms with Crippen LogP contribution in [0, 0.1) is 5.92 Å². The van der Waals surface area contributed by atoms with Gasteiger partial charge in [-0.25, -0.2) is 0 Å². The highest BCUT2D eigenvalue weighted by atomic mass is 16.5. The largest absolute Gasteiger partial charge is 0.369 e. The zero-order valence-electron chi connectivity index (χ0n) is 9.55. The van der Waals surface area contributed by atoms with Gasteiger partial charge in [-0.05, 0) is 26.7 Å². The van der Waals surface area contributed by atoms with Gasteiger partial charge in [0.15, 0.2) is 0 Å². The highest BCUT2D eigenvalue weighted by Gasteiger charge is 2.37. The van der Waals surface area contributed by atoms with E-state index in [1.807, 2.05) is 0 Å². The lowest BCUT2D eigenvalue weighted by atomic mass is 9.86. The van der Waals surface area contributed by atoms with Crippen LogP contribution >= 0.6 is 0 Å². The zero-order chi connectivity index (χ0) is 10.1. The van der Waals surface area contributed by atoms with Gasteiger partial charge >= 0.3 is 0 Å². The number of nitrogens with one attached hydrogen (secondary N) is 1. The van der Waals surface area contributed by atoms with E-state index in [-0.39, 0.29) is 5.60 Å². The summed E-state index contributed by atoms with van der Waals surface area (Å²) in [6.45, 7) is 12.0. The monoisotopic (exact) mass is 185 g/mol. The number of hydrogen-bond acceptors (Lipinski definition) is 2. The summed E-state index contributed by atoms with van der Waals surface area (Å²) in [4.78, 5) is 0. The minimum absolute atomic E-state index is 0.0284. The third kappa shape index (κ3) is 2.23. The Bertz CT molecular complexity index is 171. The van der Waals surface area contributed by atoms with Crippen LogP contribution in [0.3, 0.4) is 0 Å². The van der Waals surface area contributed by atoms with Gasteiger partial charge in [0.2, 0.25) is 0 Å². The molecule has 0 aliphatic carbocycles. The summed E-state index contributed by atoms with van der Waals surface area (Å²) in [5.41, 5.74) is 0.0284. The molecular formula is C11H23NO. The van der Waals surface area contributed by atoms with E-state index in [9.17, 15) is 0 Å². The van der Waals surface area contributed by atoms with Crippen LogP contribution in [0.4, 0.5) is 0 Å². The summed E-state index contributed by atoms with van der Waals surface area (Å²) in [7, 11) is 0. The lowest BCUT2D eigenvalue weighted by Gasteiger charge is -2.44. The average molecular weight is 185 g/mol. The molecule has 0 spiro atoms. The first-order valence-corrected chi connectivity index (χ1v) is 5.41. The molecule has 78 valence electrons. The molecule has 0 bridgehead atoms. The molecule has 4 unspecified atom stereocenters. The van der Waals surface area contributed by atoms with E-state index < -0.39 is 0 Å². The fraction of sp³-hybridized carbons (Fsp3) is 1.00. The Hall–Kier alpha value is -0.0800. The number of ether oxygens (including phenoxy) is 1. The van der Waals surface area contributed by atoms with Crippen molar-refractivity contribution in [3.8, 4) is 0 Å². The zero-order valence-corrected chi connectivity index (χ0v) is 9.55. The number of rotatable bonds is 2. The Morgan fingerprint density at radius 1 is 1.54 bits per heavy atom. The van der Waals surface area contributed by atoms with Crippen molar-refractivity contribution in [1.82, 2.24) is 5.32 Å². The molecule has 2 nitrogen and oxygen atoms in total. The van der Waals surface area contributed by atoms with Crippen molar-refractivity contribution in [2.24, 2.45) is 5.92 Å². The fourth-order valence-electron chi connectivity index (χ4n) is 1.82. The summed E-state index contributed by atoms with van der Waals surface area (Å²) < 4.78 is 6.08. The van der Waals surface area contributed by atoms with E-state index in [2.05, 4.69) is 39.9 Å². The molecule has 1 fully saturated rings. The normalized spacial score (nSPS) is 43.2. The van der Waals surface area contributed by atoms with Crippen molar-refractivity contribution < 1.29 is 4.74 Å². The van der Waals surface area contributed by atoms with E-state index in [0.717, 1.165) is 6.54 Å². The van der Waals surface area contributed by atoms with Crippen molar-refractivity contribution in [3.05, 3.63) is 0 Å². The summed E-state index contributed by atoms with van der Waals surface area (Å²) >= 11 is 0. The molecule has 1 rings (SSSR count). The van der Waals surface area contributed by atoms with Gasteiger partial charge in [-0.15, -0.1) is 0 Å². The predicted octanol–water partition coefficient (Wildman–Crippen LogP) is 2.19. The van der Waals surface area contributed by atoms with E-state index in [0.29, 0.717) is 18.1 Å². The van der Waals surface area contributed by atoms with Crippen molar-refractivity contribution in [2.45, 2.75) is 58.8 Å². The molecule has 1 N–H and O–H groups in total. The summed E-state index contributed by atoms with van der Waals surface area (Å²) in [6.07, 6.45) is 1.51. The van der Waals surface area contributed by atoms with Gasteiger partial charge in [0.1, 0.15) is 0 Å². The number of hydrogen-bond donors (Lipinski definition) is 1. The molecule has 13 heavy (non-hydrogen) atoms. The summed E-state index contributed by atoms with van der Waals surface area (Å²) in [6, 6.07) is 0.483. The molecule has 1 aliphatic rings. The molecule has 0 aromatic rings. The average Bonchev–Trinajstić information content (AvgIpc) is 2.11. The Morgan fingerprint density at radius 3 is 2.62 bits per heavy atom. The van der Waals surface area contributed by atoms with Crippen molar-refractivity contribution >= 4 is 0 Å². The van der Waals surface area contributed by atoms with Crippen molar-refractivity contribution in [2.75, 3.05) is 6.54 Å². The maximum Gasteiger partial charge on any atom is 0.0808 e. The molecule has 0 aromatic carbocycles. The lowest BCUT2D eigenvalue weighted by Crippen LogP contribution is -2.58. The molecule has 0 amide bonds. The van der Waals surface area contributed by atoms with Gasteiger partial charge < -0.3 is 10.1 Å². The molecule has 1 saturated heterocycles. The molecule has 0 saturated carbocycles.